The molecular formula is C13H20FN3. The predicted octanol–water partition coefficient (Wildman–Crippen LogP) is 2.24. The van der Waals surface area contributed by atoms with Crippen molar-refractivity contribution in [2.75, 3.05) is 20.1 Å². The summed E-state index contributed by atoms with van der Waals surface area (Å²) in [4.78, 5) is 6.36. The van der Waals surface area contributed by atoms with Gasteiger partial charge in [0, 0.05) is 26.7 Å². The summed E-state index contributed by atoms with van der Waals surface area (Å²) in [6.07, 6.45) is 0. The molecule has 1 rings (SSSR count). The molecule has 0 radical (unpaired) electrons. The van der Waals surface area contributed by atoms with Gasteiger partial charge in [0.05, 0.1) is 0 Å². The summed E-state index contributed by atoms with van der Waals surface area (Å²) in [5, 5.41) is 3.20. The molecule has 0 aliphatic carbocycles. The molecule has 0 fully saturated rings. The highest BCUT2D eigenvalue weighted by atomic mass is 19.1. The van der Waals surface area contributed by atoms with Crippen LogP contribution in [0.15, 0.2) is 29.3 Å². The van der Waals surface area contributed by atoms with Crippen LogP contribution in [0.1, 0.15) is 19.4 Å². The van der Waals surface area contributed by atoms with Crippen LogP contribution in [-0.4, -0.2) is 31.0 Å². The van der Waals surface area contributed by atoms with Gasteiger partial charge in [-0.05, 0) is 31.5 Å². The molecular weight excluding hydrogens is 217 g/mol. The number of nitrogens with one attached hydrogen (secondary N) is 1. The zero-order valence-corrected chi connectivity index (χ0v) is 10.7. The second kappa shape index (κ2) is 6.89. The lowest BCUT2D eigenvalue weighted by atomic mass is 10.2. The van der Waals surface area contributed by atoms with Crippen LogP contribution in [0.2, 0.25) is 0 Å². The van der Waals surface area contributed by atoms with E-state index in [1.54, 1.807) is 12.1 Å². The molecule has 0 heterocycles. The summed E-state index contributed by atoms with van der Waals surface area (Å²) in [6.45, 7) is 6.22. The van der Waals surface area contributed by atoms with Crippen LogP contribution in [0.5, 0.6) is 0 Å². The van der Waals surface area contributed by atoms with Crippen molar-refractivity contribution in [3.8, 4) is 0 Å². The maximum absolute atomic E-state index is 13.1. The Balaban J connectivity index is 2.69. The van der Waals surface area contributed by atoms with Gasteiger partial charge in [0.15, 0.2) is 5.96 Å². The molecule has 4 heteroatoms. The van der Waals surface area contributed by atoms with Crippen LogP contribution >= 0.6 is 0 Å². The molecule has 1 aromatic carbocycles. The number of benzene rings is 1. The molecule has 1 N–H and O–H groups in total. The molecule has 94 valence electrons. The van der Waals surface area contributed by atoms with E-state index >= 15 is 0 Å². The summed E-state index contributed by atoms with van der Waals surface area (Å²) >= 11 is 0. The Morgan fingerprint density at radius 2 is 2.18 bits per heavy atom. The molecule has 17 heavy (non-hydrogen) atoms. The molecule has 0 unspecified atom stereocenters. The first-order chi connectivity index (χ1) is 8.17. The van der Waals surface area contributed by atoms with Crippen molar-refractivity contribution in [1.82, 2.24) is 10.2 Å². The van der Waals surface area contributed by atoms with Crippen LogP contribution in [0, 0.1) is 5.82 Å². The zero-order valence-electron chi connectivity index (χ0n) is 10.7. The van der Waals surface area contributed by atoms with Gasteiger partial charge in [-0.15, -0.1) is 0 Å². The van der Waals surface area contributed by atoms with E-state index < -0.39 is 0 Å². The van der Waals surface area contributed by atoms with Gasteiger partial charge in [-0.1, -0.05) is 12.1 Å². The molecule has 0 saturated heterocycles. The van der Waals surface area contributed by atoms with Crippen molar-refractivity contribution in [3.05, 3.63) is 35.6 Å². The van der Waals surface area contributed by atoms with Gasteiger partial charge >= 0.3 is 0 Å². The maximum atomic E-state index is 13.1. The lowest BCUT2D eigenvalue weighted by molar-refractivity contribution is 0.475. The number of rotatable bonds is 4. The fraction of sp³-hybridized carbons (Fsp3) is 0.462. The van der Waals surface area contributed by atoms with E-state index in [0.29, 0.717) is 6.54 Å². The average Bonchev–Trinajstić information content (AvgIpc) is 2.28. The monoisotopic (exact) mass is 237 g/mol. The third-order valence-electron chi connectivity index (χ3n) is 2.31. The van der Waals surface area contributed by atoms with Crippen molar-refractivity contribution < 1.29 is 4.39 Å². The number of nitrogens with zero attached hydrogens (tertiary/aromatic N) is 2. The Kier molecular flexibility index (Phi) is 5.46. The molecule has 3 nitrogen and oxygen atoms in total. The molecule has 0 atom stereocenters. The third kappa shape index (κ3) is 4.43. The first kappa shape index (κ1) is 13.5. The first-order valence-electron chi connectivity index (χ1n) is 5.91. The Morgan fingerprint density at radius 1 is 1.41 bits per heavy atom. The van der Waals surface area contributed by atoms with Gasteiger partial charge in [-0.25, -0.2) is 4.39 Å². The highest BCUT2D eigenvalue weighted by Gasteiger charge is 2.06. The summed E-state index contributed by atoms with van der Waals surface area (Å²) < 4.78 is 13.1. The molecule has 0 aliphatic rings. The highest BCUT2D eigenvalue weighted by molar-refractivity contribution is 5.79. The normalized spacial score (nSPS) is 11.4. The molecule has 0 aliphatic heterocycles. The van der Waals surface area contributed by atoms with Crippen LogP contribution in [0.3, 0.4) is 0 Å². The predicted molar refractivity (Wildman–Crippen MR) is 69.5 cm³/mol. The number of hydrogen-bond donors (Lipinski definition) is 1. The Bertz CT molecular complexity index is 377. The Labute approximate surface area is 102 Å². The number of hydrogen-bond acceptors (Lipinski definition) is 1. The van der Waals surface area contributed by atoms with E-state index in [-0.39, 0.29) is 5.82 Å². The second-order valence-electron chi connectivity index (χ2n) is 3.81. The van der Waals surface area contributed by atoms with E-state index in [4.69, 9.17) is 0 Å². The van der Waals surface area contributed by atoms with Gasteiger partial charge < -0.3 is 10.2 Å². The average molecular weight is 237 g/mol. The van der Waals surface area contributed by atoms with Gasteiger partial charge in [-0.2, -0.15) is 0 Å². The minimum absolute atomic E-state index is 0.201. The number of halogens is 1. The smallest absolute Gasteiger partial charge is 0.193 e. The summed E-state index contributed by atoms with van der Waals surface area (Å²) in [6, 6.07) is 6.64. The van der Waals surface area contributed by atoms with Gasteiger partial charge in [0.2, 0.25) is 0 Å². The second-order valence-corrected chi connectivity index (χ2v) is 3.81. The third-order valence-corrected chi connectivity index (χ3v) is 2.31. The molecule has 0 saturated carbocycles. The largest absolute Gasteiger partial charge is 0.357 e. The lowest BCUT2D eigenvalue weighted by Crippen LogP contribution is -2.38. The summed E-state index contributed by atoms with van der Waals surface area (Å²) in [5.74, 6) is 0.646. The maximum Gasteiger partial charge on any atom is 0.193 e. The van der Waals surface area contributed by atoms with Crippen molar-refractivity contribution in [2.24, 2.45) is 4.99 Å². The fourth-order valence-electron chi connectivity index (χ4n) is 1.60. The van der Waals surface area contributed by atoms with Crippen molar-refractivity contribution in [2.45, 2.75) is 20.4 Å². The lowest BCUT2D eigenvalue weighted by Gasteiger charge is -2.22. The van der Waals surface area contributed by atoms with Crippen LogP contribution in [-0.2, 0) is 6.54 Å². The van der Waals surface area contributed by atoms with Gasteiger partial charge in [-0.3, -0.25) is 4.99 Å². The van der Waals surface area contributed by atoms with Crippen molar-refractivity contribution >= 4 is 5.96 Å². The molecule has 0 amide bonds. The molecule has 0 bridgehead atoms. The SMILES string of the molecule is CCN=C(NCC)N(C)Cc1cccc(F)c1. The molecule has 0 spiro atoms. The van der Waals surface area contributed by atoms with Crippen molar-refractivity contribution in [1.29, 1.82) is 0 Å². The Hall–Kier alpha value is -1.58. The standard InChI is InChI=1S/C13H20FN3/c1-4-15-13(16-5-2)17(3)10-11-7-6-8-12(14)9-11/h6-9H,4-5,10H2,1-3H3,(H,15,16). The Morgan fingerprint density at radius 3 is 2.76 bits per heavy atom. The van der Waals surface area contributed by atoms with E-state index in [1.807, 2.05) is 31.9 Å². The van der Waals surface area contributed by atoms with Crippen LogP contribution in [0.25, 0.3) is 0 Å². The zero-order chi connectivity index (χ0) is 12.7. The van der Waals surface area contributed by atoms with E-state index in [9.17, 15) is 4.39 Å². The number of aliphatic imine (C=N–C) groups is 1. The van der Waals surface area contributed by atoms with Gasteiger partial charge in [0.25, 0.3) is 0 Å². The fourth-order valence-corrected chi connectivity index (χ4v) is 1.60. The van der Waals surface area contributed by atoms with E-state index in [2.05, 4.69) is 10.3 Å². The van der Waals surface area contributed by atoms with Crippen LogP contribution in [0.4, 0.5) is 4.39 Å². The molecule has 0 aromatic heterocycles. The van der Waals surface area contributed by atoms with Crippen LogP contribution < -0.4 is 5.32 Å². The topological polar surface area (TPSA) is 27.6 Å². The van der Waals surface area contributed by atoms with Gasteiger partial charge in [0.1, 0.15) is 5.82 Å². The minimum Gasteiger partial charge on any atom is -0.357 e. The quantitative estimate of drug-likeness (QED) is 0.642. The molecule has 1 aromatic rings. The first-order valence-corrected chi connectivity index (χ1v) is 5.91. The summed E-state index contributed by atoms with van der Waals surface area (Å²) in [7, 11) is 1.95. The van der Waals surface area contributed by atoms with E-state index in [0.717, 1.165) is 24.6 Å². The van der Waals surface area contributed by atoms with Crippen molar-refractivity contribution in [3.63, 3.8) is 0 Å². The summed E-state index contributed by atoms with van der Waals surface area (Å²) in [5.41, 5.74) is 0.939. The number of guanidine groups is 1. The minimum atomic E-state index is -0.201. The van der Waals surface area contributed by atoms with E-state index in [1.165, 1.54) is 6.07 Å². The highest BCUT2D eigenvalue weighted by Crippen LogP contribution is 2.06.